The maximum atomic E-state index is 11.8. The van der Waals surface area contributed by atoms with Crippen LogP contribution in [0.4, 0.5) is 0 Å². The van der Waals surface area contributed by atoms with Gasteiger partial charge in [0.15, 0.2) is 9.84 Å². The summed E-state index contributed by atoms with van der Waals surface area (Å²) in [6.07, 6.45) is 0.768. The van der Waals surface area contributed by atoms with Crippen LogP contribution in [0.3, 0.4) is 0 Å². The molecule has 1 aliphatic carbocycles. The smallest absolute Gasteiger partial charge is 0.154 e. The van der Waals surface area contributed by atoms with Gasteiger partial charge in [0.1, 0.15) is 6.29 Å². The van der Waals surface area contributed by atoms with Crippen LogP contribution in [0, 0.1) is 5.92 Å². The Morgan fingerprint density at radius 1 is 1.29 bits per heavy atom. The molecule has 0 saturated heterocycles. The summed E-state index contributed by atoms with van der Waals surface area (Å²) >= 11 is 3.33. The van der Waals surface area contributed by atoms with Gasteiger partial charge in [-0.15, -0.1) is 0 Å². The molecule has 0 aliphatic heterocycles. The van der Waals surface area contributed by atoms with Gasteiger partial charge in [-0.05, 0) is 17.7 Å². The molecule has 1 aliphatic rings. The monoisotopic (exact) mass is 316 g/mol. The van der Waals surface area contributed by atoms with E-state index in [-0.39, 0.29) is 17.6 Å². The molecule has 0 N–H and O–H groups in total. The van der Waals surface area contributed by atoms with Crippen molar-refractivity contribution in [3.05, 3.63) is 34.3 Å². The van der Waals surface area contributed by atoms with E-state index in [9.17, 15) is 13.2 Å². The van der Waals surface area contributed by atoms with Crippen molar-refractivity contribution in [2.75, 3.05) is 5.75 Å². The maximum absolute atomic E-state index is 11.8. The zero-order valence-electron chi connectivity index (χ0n) is 9.34. The Bertz CT molecular complexity index is 521. The highest BCUT2D eigenvalue weighted by Gasteiger charge is 2.57. The lowest BCUT2D eigenvalue weighted by Crippen LogP contribution is -2.12. The first-order valence-electron chi connectivity index (χ1n) is 5.43. The van der Waals surface area contributed by atoms with E-state index in [4.69, 9.17) is 0 Å². The number of hydrogen-bond donors (Lipinski definition) is 0. The van der Waals surface area contributed by atoms with Gasteiger partial charge < -0.3 is 4.79 Å². The second-order valence-corrected chi connectivity index (χ2v) is 7.57. The molecule has 92 valence electrons. The summed E-state index contributed by atoms with van der Waals surface area (Å²) in [5.74, 6) is -0.443. The molecule has 0 amide bonds. The third-order valence-electron chi connectivity index (χ3n) is 3.24. The third-order valence-corrected chi connectivity index (χ3v) is 6.01. The molecule has 3 atom stereocenters. The summed E-state index contributed by atoms with van der Waals surface area (Å²) in [7, 11) is -3.14. The van der Waals surface area contributed by atoms with Crippen LogP contribution in [0.15, 0.2) is 28.7 Å². The van der Waals surface area contributed by atoms with Gasteiger partial charge in [0.25, 0.3) is 0 Å². The molecule has 1 saturated carbocycles. The van der Waals surface area contributed by atoms with Crippen molar-refractivity contribution in [2.24, 2.45) is 5.92 Å². The van der Waals surface area contributed by atoms with Crippen molar-refractivity contribution in [2.45, 2.75) is 18.1 Å². The summed E-state index contributed by atoms with van der Waals surface area (Å²) in [5.41, 5.74) is 0.923. The molecule has 0 spiro atoms. The predicted octanol–water partition coefficient (Wildman–Crippen LogP) is 2.16. The molecule has 2 rings (SSSR count). The third kappa shape index (κ3) is 2.31. The van der Waals surface area contributed by atoms with E-state index in [2.05, 4.69) is 15.9 Å². The van der Waals surface area contributed by atoms with E-state index in [1.807, 2.05) is 24.3 Å². The first kappa shape index (κ1) is 12.8. The summed E-state index contributed by atoms with van der Waals surface area (Å²) in [5, 5.41) is -0.522. The molecular weight excluding hydrogens is 304 g/mol. The number of carbonyl (C=O) groups is 1. The molecule has 17 heavy (non-hydrogen) atoms. The van der Waals surface area contributed by atoms with E-state index in [1.54, 1.807) is 6.92 Å². The quantitative estimate of drug-likeness (QED) is 0.800. The van der Waals surface area contributed by atoms with Crippen LogP contribution >= 0.6 is 15.9 Å². The van der Waals surface area contributed by atoms with Crippen molar-refractivity contribution < 1.29 is 13.2 Å². The second kappa shape index (κ2) is 4.53. The Hall–Kier alpha value is -0.680. The minimum atomic E-state index is -3.14. The predicted molar refractivity (Wildman–Crippen MR) is 69.7 cm³/mol. The van der Waals surface area contributed by atoms with Gasteiger partial charge in [0.2, 0.25) is 0 Å². The molecule has 0 unspecified atom stereocenters. The standard InChI is InChI=1S/C12H13BrO3S/c1-2-17(15,16)12-10(7-14)11(12)8-3-5-9(13)6-4-8/h3-7,10-12H,2H2,1H3/t10-,11-,12-/m1/s1. The van der Waals surface area contributed by atoms with Crippen LogP contribution in [0.5, 0.6) is 0 Å². The van der Waals surface area contributed by atoms with Crippen LogP contribution in [0.25, 0.3) is 0 Å². The maximum Gasteiger partial charge on any atom is 0.154 e. The highest BCUT2D eigenvalue weighted by Crippen LogP contribution is 2.51. The fourth-order valence-electron chi connectivity index (χ4n) is 2.22. The minimum absolute atomic E-state index is 0.0923. The Labute approximate surface area is 109 Å². The van der Waals surface area contributed by atoms with Crippen molar-refractivity contribution in [3.8, 4) is 0 Å². The van der Waals surface area contributed by atoms with Crippen LogP contribution in [0.1, 0.15) is 18.4 Å². The number of benzene rings is 1. The first-order chi connectivity index (χ1) is 8.01. The second-order valence-electron chi connectivity index (χ2n) is 4.21. The SMILES string of the molecule is CCS(=O)(=O)[C@@H]1[C@H](C=O)[C@H]1c1ccc(Br)cc1. The number of halogens is 1. The van der Waals surface area contributed by atoms with Crippen LogP contribution in [-0.4, -0.2) is 25.7 Å². The molecule has 1 fully saturated rings. The van der Waals surface area contributed by atoms with Gasteiger partial charge in [0, 0.05) is 22.1 Å². The summed E-state index contributed by atoms with van der Waals surface area (Å²) in [6.45, 7) is 1.62. The fraction of sp³-hybridized carbons (Fsp3) is 0.417. The minimum Gasteiger partial charge on any atom is -0.303 e. The van der Waals surface area contributed by atoms with Crippen molar-refractivity contribution in [3.63, 3.8) is 0 Å². The average molecular weight is 317 g/mol. The highest BCUT2D eigenvalue weighted by molar-refractivity contribution is 9.10. The molecule has 0 radical (unpaired) electrons. The van der Waals surface area contributed by atoms with Crippen LogP contribution < -0.4 is 0 Å². The van der Waals surface area contributed by atoms with E-state index >= 15 is 0 Å². The van der Waals surface area contributed by atoms with Gasteiger partial charge in [-0.1, -0.05) is 35.0 Å². The molecule has 0 bridgehead atoms. The molecule has 0 heterocycles. The lowest BCUT2D eigenvalue weighted by molar-refractivity contribution is -0.108. The van der Waals surface area contributed by atoms with Crippen molar-refractivity contribution in [1.29, 1.82) is 0 Å². The number of aldehydes is 1. The summed E-state index contributed by atoms with van der Waals surface area (Å²) in [6, 6.07) is 7.48. The zero-order valence-corrected chi connectivity index (χ0v) is 11.7. The Morgan fingerprint density at radius 3 is 2.35 bits per heavy atom. The fourth-order valence-corrected chi connectivity index (χ4v) is 4.28. The summed E-state index contributed by atoms with van der Waals surface area (Å²) < 4.78 is 24.6. The van der Waals surface area contributed by atoms with Crippen LogP contribution in [-0.2, 0) is 14.6 Å². The Balaban J connectivity index is 2.29. The normalized spacial score (nSPS) is 27.8. The molecule has 1 aromatic rings. The average Bonchev–Trinajstić information content (AvgIpc) is 3.05. The van der Waals surface area contributed by atoms with E-state index in [0.717, 1.165) is 16.3 Å². The lowest BCUT2D eigenvalue weighted by Gasteiger charge is -2.00. The van der Waals surface area contributed by atoms with E-state index in [0.29, 0.717) is 0 Å². The number of sulfone groups is 1. The van der Waals surface area contributed by atoms with Crippen molar-refractivity contribution in [1.82, 2.24) is 0 Å². The van der Waals surface area contributed by atoms with Crippen molar-refractivity contribution >= 4 is 32.1 Å². The van der Waals surface area contributed by atoms with E-state index in [1.165, 1.54) is 0 Å². The van der Waals surface area contributed by atoms with Gasteiger partial charge >= 0.3 is 0 Å². The van der Waals surface area contributed by atoms with Gasteiger partial charge in [-0.3, -0.25) is 0 Å². The molecule has 0 aromatic heterocycles. The topological polar surface area (TPSA) is 51.2 Å². The Kier molecular flexibility index (Phi) is 3.41. The summed E-state index contributed by atoms with van der Waals surface area (Å²) in [4.78, 5) is 10.9. The Morgan fingerprint density at radius 2 is 1.88 bits per heavy atom. The molecular formula is C12H13BrO3S. The molecule has 5 heteroatoms. The largest absolute Gasteiger partial charge is 0.303 e. The highest BCUT2D eigenvalue weighted by atomic mass is 79.9. The number of hydrogen-bond acceptors (Lipinski definition) is 3. The zero-order chi connectivity index (χ0) is 12.6. The molecule has 1 aromatic carbocycles. The van der Waals surface area contributed by atoms with Gasteiger partial charge in [-0.25, -0.2) is 8.42 Å². The van der Waals surface area contributed by atoms with Gasteiger partial charge in [-0.2, -0.15) is 0 Å². The number of carbonyl (C=O) groups excluding carboxylic acids is 1. The van der Waals surface area contributed by atoms with Gasteiger partial charge in [0.05, 0.1) is 5.25 Å². The van der Waals surface area contributed by atoms with Crippen LogP contribution in [0.2, 0.25) is 0 Å². The molecule has 3 nitrogen and oxygen atoms in total. The first-order valence-corrected chi connectivity index (χ1v) is 7.94. The number of rotatable bonds is 4. The lowest BCUT2D eigenvalue weighted by atomic mass is 10.1. The van der Waals surface area contributed by atoms with E-state index < -0.39 is 15.1 Å².